The van der Waals surface area contributed by atoms with E-state index in [1.165, 1.54) is 69.8 Å². The average Bonchev–Trinajstić information content (AvgIpc) is 3.12. The molecule has 42 heavy (non-hydrogen) atoms. The van der Waals surface area contributed by atoms with Crippen molar-refractivity contribution >= 4 is 16.7 Å². The van der Waals surface area contributed by atoms with Crippen molar-refractivity contribution in [3.8, 4) is 33.5 Å². The van der Waals surface area contributed by atoms with Crippen molar-refractivity contribution in [3.05, 3.63) is 125 Å². The molecular formula is C38H36IrNO2-. The molecule has 0 saturated carbocycles. The predicted molar refractivity (Wildman–Crippen MR) is 170 cm³/mol. The van der Waals surface area contributed by atoms with E-state index >= 15 is 0 Å². The molecule has 1 aliphatic carbocycles. The summed E-state index contributed by atoms with van der Waals surface area (Å²) in [7, 11) is 0. The van der Waals surface area contributed by atoms with Crippen molar-refractivity contribution in [2.75, 3.05) is 0 Å². The average molecular weight is 731 g/mol. The van der Waals surface area contributed by atoms with Crippen LogP contribution >= 0.6 is 0 Å². The number of aliphatic hydroxyl groups excluding tert-OH is 1. The van der Waals surface area contributed by atoms with Gasteiger partial charge in [0, 0.05) is 37.0 Å². The van der Waals surface area contributed by atoms with Gasteiger partial charge in [0.15, 0.2) is 5.78 Å². The molecule has 5 aromatic rings. The van der Waals surface area contributed by atoms with E-state index in [0.717, 1.165) is 22.3 Å². The van der Waals surface area contributed by atoms with Gasteiger partial charge in [-0.25, -0.2) is 0 Å². The quantitative estimate of drug-likeness (QED) is 0.114. The number of carbonyl (C=O) groups excluding carboxylic acids is 1. The van der Waals surface area contributed by atoms with E-state index in [1.54, 1.807) is 0 Å². The standard InChI is InChI=1S/C33H28N.C5H8O2.Ir/c1-20-14-21(2)16-23(15-20)31-18-26(24-11-7-6-10-22(24)3)28-17-27-25-12-8-9-13-29(25)33(4,5)30(27)19-32(28)34-31;1-4(6)3-5(2)7;/h6-15,17-19H,1-5H3;3,6H,1-2H3;/q-1;;/b;4-3-;. The van der Waals surface area contributed by atoms with Crippen molar-refractivity contribution in [3.63, 3.8) is 0 Å². The zero-order chi connectivity index (χ0) is 29.5. The Morgan fingerprint density at radius 1 is 0.810 bits per heavy atom. The van der Waals surface area contributed by atoms with Gasteiger partial charge < -0.3 is 5.11 Å². The number of hydrogen-bond donors (Lipinski definition) is 1. The van der Waals surface area contributed by atoms with E-state index in [0.29, 0.717) is 0 Å². The van der Waals surface area contributed by atoms with Crippen molar-refractivity contribution in [1.82, 2.24) is 4.98 Å². The minimum atomic E-state index is -0.125. The third-order valence-corrected chi connectivity index (χ3v) is 7.78. The summed E-state index contributed by atoms with van der Waals surface area (Å²) in [5.74, 6) is -0.0625. The summed E-state index contributed by atoms with van der Waals surface area (Å²) >= 11 is 0. The van der Waals surface area contributed by atoms with Crippen LogP contribution in [0.2, 0.25) is 0 Å². The van der Waals surface area contributed by atoms with Gasteiger partial charge in [-0.05, 0) is 77.5 Å². The molecule has 1 aromatic heterocycles. The molecule has 1 radical (unpaired) electrons. The fourth-order valence-corrected chi connectivity index (χ4v) is 5.98. The molecule has 0 saturated heterocycles. The Labute approximate surface area is 262 Å². The van der Waals surface area contributed by atoms with Crippen molar-refractivity contribution in [1.29, 1.82) is 0 Å². The number of nitrogens with zero attached hydrogens (tertiary/aromatic N) is 1. The summed E-state index contributed by atoms with van der Waals surface area (Å²) in [6.07, 6.45) is 1.17. The van der Waals surface area contributed by atoms with Gasteiger partial charge in [0.05, 0.1) is 11.3 Å². The smallest absolute Gasteiger partial charge is 0.155 e. The Morgan fingerprint density at radius 3 is 2.10 bits per heavy atom. The summed E-state index contributed by atoms with van der Waals surface area (Å²) in [6, 6.07) is 32.3. The minimum Gasteiger partial charge on any atom is -0.512 e. The first kappa shape index (κ1) is 31.1. The maximum absolute atomic E-state index is 10.0. The predicted octanol–water partition coefficient (Wildman–Crippen LogP) is 9.64. The summed E-state index contributed by atoms with van der Waals surface area (Å²) in [4.78, 5) is 15.2. The van der Waals surface area contributed by atoms with E-state index in [4.69, 9.17) is 10.1 Å². The van der Waals surface area contributed by atoms with E-state index in [1.807, 2.05) is 0 Å². The van der Waals surface area contributed by atoms with Crippen molar-refractivity contribution in [2.45, 2.75) is 53.9 Å². The Balaban J connectivity index is 0.000000454. The van der Waals surface area contributed by atoms with E-state index in [9.17, 15) is 4.79 Å². The Morgan fingerprint density at radius 2 is 1.48 bits per heavy atom. The van der Waals surface area contributed by atoms with Gasteiger partial charge in [0.1, 0.15) is 0 Å². The van der Waals surface area contributed by atoms with Gasteiger partial charge in [-0.15, -0.1) is 34.9 Å². The molecule has 4 heteroatoms. The number of aliphatic hydroxyl groups is 1. The molecule has 0 spiro atoms. The molecule has 0 amide bonds. The van der Waals surface area contributed by atoms with Crippen LogP contribution in [0, 0.1) is 26.8 Å². The van der Waals surface area contributed by atoms with Crippen molar-refractivity contribution in [2.24, 2.45) is 0 Å². The van der Waals surface area contributed by atoms with Gasteiger partial charge >= 0.3 is 0 Å². The third kappa shape index (κ3) is 6.02. The van der Waals surface area contributed by atoms with Crippen molar-refractivity contribution < 1.29 is 30.0 Å². The van der Waals surface area contributed by atoms with Gasteiger partial charge in [0.25, 0.3) is 0 Å². The maximum Gasteiger partial charge on any atom is 0.155 e. The van der Waals surface area contributed by atoms with Crippen LogP contribution in [0.25, 0.3) is 44.4 Å². The molecule has 0 unspecified atom stereocenters. The fourth-order valence-electron chi connectivity index (χ4n) is 5.98. The number of aryl methyl sites for hydroxylation is 3. The van der Waals surface area contributed by atoms with E-state index in [-0.39, 0.29) is 37.1 Å². The second-order valence-corrected chi connectivity index (χ2v) is 11.6. The molecule has 6 rings (SSSR count). The molecule has 3 nitrogen and oxygen atoms in total. The molecule has 0 fully saturated rings. The number of benzene rings is 4. The van der Waals surface area contributed by atoms with Crippen LogP contribution in [0.4, 0.5) is 0 Å². The van der Waals surface area contributed by atoms with Crippen LogP contribution in [0.3, 0.4) is 0 Å². The first-order chi connectivity index (χ1) is 19.5. The molecule has 0 atom stereocenters. The second-order valence-electron chi connectivity index (χ2n) is 11.6. The number of ketones is 1. The number of carbonyl (C=O) groups is 1. The molecule has 0 bridgehead atoms. The number of rotatable bonds is 3. The SMILES string of the molecule is CC(=O)/C=C(/C)O.Cc1[c-]c(-c2cc(-c3ccccc3C)c3cc4c(cc3n2)C(C)(C)c2ccccc2-4)cc(C)c1.[Ir]. The minimum absolute atomic E-state index is 0. The number of hydrogen-bond acceptors (Lipinski definition) is 3. The van der Waals surface area contributed by atoms with Crippen LogP contribution in [-0.2, 0) is 30.3 Å². The van der Waals surface area contributed by atoms with E-state index in [2.05, 4.69) is 120 Å². The summed E-state index contributed by atoms with van der Waals surface area (Å²) in [5.41, 5.74) is 14.6. The van der Waals surface area contributed by atoms with Crippen LogP contribution in [0.5, 0.6) is 0 Å². The molecule has 4 aromatic carbocycles. The zero-order valence-electron chi connectivity index (χ0n) is 25.2. The molecule has 1 N–H and O–H groups in total. The van der Waals surface area contributed by atoms with Crippen LogP contribution in [0.1, 0.15) is 55.5 Å². The van der Waals surface area contributed by atoms with Gasteiger partial charge in [0.2, 0.25) is 0 Å². The number of allylic oxidation sites excluding steroid dienone is 2. The molecule has 1 aliphatic rings. The topological polar surface area (TPSA) is 50.2 Å². The van der Waals surface area contributed by atoms with E-state index < -0.39 is 0 Å². The zero-order valence-corrected chi connectivity index (χ0v) is 27.6. The molecule has 1 heterocycles. The van der Waals surface area contributed by atoms with Crippen LogP contribution < -0.4 is 0 Å². The third-order valence-electron chi connectivity index (χ3n) is 7.78. The molecule has 0 aliphatic heterocycles. The number of pyridine rings is 1. The normalized spacial score (nSPS) is 13.0. The Kier molecular flexibility index (Phi) is 9.01. The summed E-state index contributed by atoms with van der Waals surface area (Å²) in [6.45, 7) is 13.9. The van der Waals surface area contributed by atoms with Gasteiger partial charge in [-0.2, -0.15) is 0 Å². The number of aromatic nitrogens is 1. The largest absolute Gasteiger partial charge is 0.512 e. The first-order valence-electron chi connectivity index (χ1n) is 14.0. The Bertz CT molecular complexity index is 1820. The van der Waals surface area contributed by atoms with Crippen LogP contribution in [0.15, 0.2) is 90.7 Å². The maximum atomic E-state index is 10.0. The monoisotopic (exact) mass is 731 g/mol. The summed E-state index contributed by atoms with van der Waals surface area (Å²) in [5, 5.41) is 9.57. The number of fused-ring (bicyclic) bond motifs is 4. The molecule has 215 valence electrons. The fraction of sp³-hybridized carbons (Fsp3) is 0.211. The summed E-state index contributed by atoms with van der Waals surface area (Å²) < 4.78 is 0. The first-order valence-corrected chi connectivity index (χ1v) is 14.0. The van der Waals surface area contributed by atoms with Gasteiger partial charge in [-0.3, -0.25) is 9.78 Å². The molecular weight excluding hydrogens is 695 g/mol. The van der Waals surface area contributed by atoms with Crippen LogP contribution in [-0.4, -0.2) is 15.9 Å². The Hall–Kier alpha value is -3.85. The second kappa shape index (κ2) is 12.2. The van der Waals surface area contributed by atoms with Gasteiger partial charge in [-0.1, -0.05) is 82.3 Å².